The van der Waals surface area contributed by atoms with Crippen molar-refractivity contribution in [2.24, 2.45) is 0 Å². The van der Waals surface area contributed by atoms with E-state index in [1.54, 1.807) is 30.6 Å². The number of allylic oxidation sites excluding steroid dienone is 1. The number of fused-ring (bicyclic) bond motifs is 3. The number of hydrogen-bond donors (Lipinski definition) is 1. The molecule has 0 fully saturated rings. The van der Waals surface area contributed by atoms with Crippen molar-refractivity contribution in [2.45, 2.75) is 12.8 Å². The van der Waals surface area contributed by atoms with Crippen LogP contribution in [0.5, 0.6) is 0 Å². The third kappa shape index (κ3) is 1.99. The maximum Gasteiger partial charge on any atom is 0.231 e. The number of pyridine rings is 1. The summed E-state index contributed by atoms with van der Waals surface area (Å²) in [7, 11) is 0. The number of anilines is 2. The first-order valence-electron chi connectivity index (χ1n) is 6.67. The monoisotopic (exact) mass is 301 g/mol. The lowest BCUT2D eigenvalue weighted by Gasteiger charge is -2.27. The maximum atomic E-state index is 14.1. The van der Waals surface area contributed by atoms with Crippen molar-refractivity contribution in [2.75, 3.05) is 10.0 Å². The lowest BCUT2D eigenvalue weighted by Crippen LogP contribution is -2.37. The first-order valence-corrected chi connectivity index (χ1v) is 6.67. The maximum absolute atomic E-state index is 14.1. The van der Waals surface area contributed by atoms with Crippen LogP contribution >= 0.6 is 0 Å². The molecule has 6 nitrogen and oxygen atoms in total. The first kappa shape index (κ1) is 14.3. The average molecular weight is 301 g/mol. The number of rotatable bonds is 1. The molecule has 1 aromatic carbocycles. The third-order valence-corrected chi connectivity index (χ3v) is 3.70. The zero-order valence-electron chi connectivity index (χ0n) is 11.6. The second-order valence-corrected chi connectivity index (χ2v) is 4.94. The molecule has 0 aliphatic carbocycles. The highest BCUT2D eigenvalue weighted by Gasteiger charge is 2.37. The van der Waals surface area contributed by atoms with Crippen molar-refractivity contribution in [3.05, 3.63) is 65.7 Å². The highest BCUT2D eigenvalue weighted by molar-refractivity contribution is 5.65. The number of benzene rings is 1. The van der Waals surface area contributed by atoms with Crippen LogP contribution in [0.2, 0.25) is 0 Å². The van der Waals surface area contributed by atoms with E-state index in [-0.39, 0.29) is 17.2 Å². The molecule has 4 rings (SSSR count). The molecule has 0 amide bonds. The van der Waals surface area contributed by atoms with Gasteiger partial charge in [0.15, 0.2) is 0 Å². The van der Waals surface area contributed by atoms with E-state index in [9.17, 15) is 9.50 Å². The quantitative estimate of drug-likeness (QED) is 0.870. The highest BCUT2D eigenvalue weighted by atomic mass is 19.1. The number of hydrogen-bond acceptors (Lipinski definition) is 4. The van der Waals surface area contributed by atoms with Crippen LogP contribution in [0.3, 0.4) is 0 Å². The van der Waals surface area contributed by atoms with Gasteiger partial charge in [0.2, 0.25) is 5.88 Å². The van der Waals surface area contributed by atoms with E-state index < -0.39 is 0 Å². The Balaban J connectivity index is 0.00000144. The fourth-order valence-electron chi connectivity index (χ4n) is 2.71. The zero-order chi connectivity index (χ0) is 14.4. The van der Waals surface area contributed by atoms with Crippen LogP contribution in [0, 0.1) is 5.82 Å². The highest BCUT2D eigenvalue weighted by Crippen LogP contribution is 2.39. The number of aliphatic hydroxyl groups is 1. The van der Waals surface area contributed by atoms with Gasteiger partial charge in [-0.05, 0) is 42.1 Å². The van der Waals surface area contributed by atoms with Gasteiger partial charge in [0, 0.05) is 6.20 Å². The Bertz CT molecular complexity index is 736. The largest absolute Gasteiger partial charge is 0.492 e. The van der Waals surface area contributed by atoms with Gasteiger partial charge in [-0.3, -0.25) is 4.98 Å². The van der Waals surface area contributed by atoms with Crippen molar-refractivity contribution in [1.82, 2.24) is 10.5 Å². The molecule has 113 valence electrons. The van der Waals surface area contributed by atoms with Gasteiger partial charge >= 0.3 is 0 Å². The average Bonchev–Trinajstić information content (AvgIpc) is 2.85. The summed E-state index contributed by atoms with van der Waals surface area (Å²) in [4.78, 5) is 4.01. The topological polar surface area (TPSA) is 85.2 Å². The van der Waals surface area contributed by atoms with E-state index in [2.05, 4.69) is 10.5 Å². The van der Waals surface area contributed by atoms with Gasteiger partial charge < -0.3 is 10.6 Å². The molecule has 0 spiro atoms. The van der Waals surface area contributed by atoms with Gasteiger partial charge in [0.25, 0.3) is 0 Å². The van der Waals surface area contributed by atoms with Crippen molar-refractivity contribution < 1.29 is 15.0 Å². The van der Waals surface area contributed by atoms with E-state index in [4.69, 9.17) is 0 Å². The number of aliphatic hydroxyl groups excluding tert-OH is 1. The van der Waals surface area contributed by atoms with Crippen molar-refractivity contribution in [3.8, 4) is 0 Å². The molecule has 0 bridgehead atoms. The molecule has 1 aromatic heterocycles. The number of aromatic nitrogens is 1. The summed E-state index contributed by atoms with van der Waals surface area (Å²) < 4.78 is 14.1. The summed E-state index contributed by atoms with van der Waals surface area (Å²) in [6, 6.07) is 8.52. The minimum Gasteiger partial charge on any atom is -0.492 e. The van der Waals surface area contributed by atoms with E-state index >= 15 is 0 Å². The SMILES string of the molecule is O.OC1=C2CCc3cccc(F)c3N2[N]N1c1cccnc1. The van der Waals surface area contributed by atoms with E-state index in [1.165, 1.54) is 16.1 Å². The van der Waals surface area contributed by atoms with Crippen molar-refractivity contribution >= 4 is 11.4 Å². The van der Waals surface area contributed by atoms with Crippen LogP contribution in [0.25, 0.3) is 0 Å². The number of aryl methyl sites for hydroxylation is 1. The van der Waals surface area contributed by atoms with Crippen molar-refractivity contribution in [1.29, 1.82) is 0 Å². The molecule has 0 unspecified atom stereocenters. The zero-order valence-corrected chi connectivity index (χ0v) is 11.6. The van der Waals surface area contributed by atoms with E-state index in [1.807, 2.05) is 6.07 Å². The van der Waals surface area contributed by atoms with E-state index in [0.717, 1.165) is 5.56 Å². The summed E-state index contributed by atoms with van der Waals surface area (Å²) in [6.07, 6.45) is 4.54. The molecule has 1 radical (unpaired) electrons. The molecule has 0 atom stereocenters. The number of halogens is 1. The molecule has 3 N–H and O–H groups in total. The molecule has 2 aliphatic heterocycles. The molecule has 0 saturated heterocycles. The summed E-state index contributed by atoms with van der Waals surface area (Å²) in [5.41, 5.74) is 6.87. The molecule has 22 heavy (non-hydrogen) atoms. The Labute approximate surface area is 126 Å². The summed E-state index contributed by atoms with van der Waals surface area (Å²) in [5.74, 6) is -0.314. The Morgan fingerprint density at radius 1 is 1.09 bits per heavy atom. The fourth-order valence-corrected chi connectivity index (χ4v) is 2.71. The molecule has 2 aliphatic rings. The molecule has 3 heterocycles. The standard InChI is InChI=1S/C15H12FN4O.H2O/c16-12-5-1-3-10-6-7-13-15(21)19(18-20(13)14(10)12)11-4-2-8-17-9-11;/h1-5,8-9,21H,6-7H2;1H2. The normalized spacial score (nSPS) is 16.2. The van der Waals surface area contributed by atoms with Crippen LogP contribution in [0.4, 0.5) is 15.8 Å². The van der Waals surface area contributed by atoms with Gasteiger partial charge in [-0.2, -0.15) is 0 Å². The smallest absolute Gasteiger partial charge is 0.231 e. The molecular formula is C15H14FN4O2. The lowest BCUT2D eigenvalue weighted by molar-refractivity contribution is 0.385. The van der Waals surface area contributed by atoms with Gasteiger partial charge in [0.05, 0.1) is 11.9 Å². The number of nitrogens with zero attached hydrogens (tertiary/aromatic N) is 4. The second kappa shape index (κ2) is 5.28. The van der Waals surface area contributed by atoms with Crippen LogP contribution < -0.4 is 15.6 Å². The van der Waals surface area contributed by atoms with E-state index in [0.29, 0.717) is 29.9 Å². The molecular weight excluding hydrogens is 287 g/mol. The van der Waals surface area contributed by atoms with Crippen LogP contribution in [-0.4, -0.2) is 15.6 Å². The minimum absolute atomic E-state index is 0. The Morgan fingerprint density at radius 2 is 1.95 bits per heavy atom. The van der Waals surface area contributed by atoms with Gasteiger partial charge in [0.1, 0.15) is 17.2 Å². The minimum atomic E-state index is -0.339. The number of para-hydroxylation sites is 1. The summed E-state index contributed by atoms with van der Waals surface area (Å²) in [6.45, 7) is 0. The summed E-state index contributed by atoms with van der Waals surface area (Å²) >= 11 is 0. The second-order valence-electron chi connectivity index (χ2n) is 4.94. The summed E-state index contributed by atoms with van der Waals surface area (Å²) in [5, 5.41) is 13.2. The van der Waals surface area contributed by atoms with Gasteiger partial charge in [-0.25, -0.2) is 14.4 Å². The van der Waals surface area contributed by atoms with Crippen LogP contribution in [-0.2, 0) is 6.42 Å². The third-order valence-electron chi connectivity index (χ3n) is 3.70. The first-order chi connectivity index (χ1) is 10.3. The Morgan fingerprint density at radius 3 is 2.73 bits per heavy atom. The predicted octanol–water partition coefficient (Wildman–Crippen LogP) is 1.83. The van der Waals surface area contributed by atoms with Crippen molar-refractivity contribution in [3.63, 3.8) is 0 Å². The fraction of sp³-hybridized carbons (Fsp3) is 0.133. The van der Waals surface area contributed by atoms with Crippen LogP contribution in [0.15, 0.2) is 54.3 Å². The Hall–Kier alpha value is -2.64. The molecule has 7 heteroatoms. The Kier molecular flexibility index (Phi) is 3.44. The van der Waals surface area contributed by atoms with Crippen LogP contribution in [0.1, 0.15) is 12.0 Å². The predicted molar refractivity (Wildman–Crippen MR) is 79.3 cm³/mol. The van der Waals surface area contributed by atoms with Gasteiger partial charge in [-0.1, -0.05) is 12.1 Å². The molecule has 2 aromatic rings. The molecule has 0 saturated carbocycles. The lowest BCUT2D eigenvalue weighted by atomic mass is 10.0. The van der Waals surface area contributed by atoms with Gasteiger partial charge in [-0.15, -0.1) is 0 Å².